The molecule has 2 aliphatic heterocycles. The van der Waals surface area contributed by atoms with E-state index in [2.05, 4.69) is 19.9 Å². The van der Waals surface area contributed by atoms with Gasteiger partial charge >= 0.3 is 0 Å². The normalized spacial score (nSPS) is 20.6. The van der Waals surface area contributed by atoms with Crippen LogP contribution in [0.1, 0.15) is 31.4 Å². The van der Waals surface area contributed by atoms with E-state index in [1.54, 1.807) is 24.3 Å². The smallest absolute Gasteiger partial charge is 0.263 e. The maximum absolute atomic E-state index is 13.3. The first-order valence-corrected chi connectivity index (χ1v) is 12.8. The minimum atomic E-state index is -3.66. The van der Waals surface area contributed by atoms with Crippen molar-refractivity contribution in [2.24, 2.45) is 10.9 Å². The molecule has 176 valence electrons. The summed E-state index contributed by atoms with van der Waals surface area (Å²) in [5.74, 6) is -0.123. The standard InChI is InChI=1S/C24H30N4O4S/c1-3-17(2)22(26-23-20-9-4-5-10-21(20)33(30,31)27-23)24(29)25-19-8-6-7-18(15-19)16-28-11-13-32-14-12-28/h4-10,15,17,22H,3,11-14,16H2,1-2H3,(H,25,29)(H,26,27)/t17-,22-/m0/s1. The van der Waals surface area contributed by atoms with E-state index in [4.69, 9.17) is 4.74 Å². The summed E-state index contributed by atoms with van der Waals surface area (Å²) in [6, 6.07) is 13.7. The lowest BCUT2D eigenvalue weighted by Gasteiger charge is -2.26. The molecule has 1 amide bonds. The Bertz CT molecular complexity index is 1140. The van der Waals surface area contributed by atoms with Crippen molar-refractivity contribution in [1.82, 2.24) is 9.62 Å². The van der Waals surface area contributed by atoms with Crippen LogP contribution in [-0.4, -0.2) is 57.4 Å². The van der Waals surface area contributed by atoms with Gasteiger partial charge < -0.3 is 10.1 Å². The van der Waals surface area contributed by atoms with Crippen LogP contribution in [0.4, 0.5) is 5.69 Å². The number of morpholine rings is 1. The Morgan fingerprint density at radius 2 is 1.94 bits per heavy atom. The highest BCUT2D eigenvalue weighted by molar-refractivity contribution is 7.90. The third-order valence-corrected chi connectivity index (χ3v) is 7.48. The molecule has 0 unspecified atom stereocenters. The minimum Gasteiger partial charge on any atom is -0.379 e. The van der Waals surface area contributed by atoms with E-state index in [-0.39, 0.29) is 22.6 Å². The fourth-order valence-corrected chi connectivity index (χ4v) is 5.26. The highest BCUT2D eigenvalue weighted by atomic mass is 32.2. The zero-order valence-corrected chi connectivity index (χ0v) is 19.8. The summed E-state index contributed by atoms with van der Waals surface area (Å²) in [5, 5.41) is 2.99. The number of carbonyl (C=O) groups excluding carboxylic acids is 1. The van der Waals surface area contributed by atoms with Crippen LogP contribution in [0.5, 0.6) is 0 Å². The molecular formula is C24H30N4O4S. The van der Waals surface area contributed by atoms with Crippen LogP contribution in [0.2, 0.25) is 0 Å². The number of rotatable bonds is 7. The van der Waals surface area contributed by atoms with Gasteiger partial charge in [-0.15, -0.1) is 0 Å². The second-order valence-corrected chi connectivity index (χ2v) is 10.1. The SMILES string of the molecule is CC[C@H](C)[C@H](N=C1NS(=O)(=O)c2ccccc21)C(=O)Nc1cccc(CN2CCOCC2)c1. The molecular weight excluding hydrogens is 440 g/mol. The second kappa shape index (κ2) is 10.0. The Kier molecular flexibility index (Phi) is 7.11. The van der Waals surface area contributed by atoms with Gasteiger partial charge in [0.25, 0.3) is 10.0 Å². The third kappa shape index (κ3) is 5.43. The van der Waals surface area contributed by atoms with Gasteiger partial charge in [0.2, 0.25) is 5.91 Å². The first-order chi connectivity index (χ1) is 15.9. The number of amides is 1. The molecule has 9 heteroatoms. The van der Waals surface area contributed by atoms with Crippen molar-refractivity contribution in [3.8, 4) is 0 Å². The molecule has 0 saturated carbocycles. The van der Waals surface area contributed by atoms with Crippen LogP contribution >= 0.6 is 0 Å². The largest absolute Gasteiger partial charge is 0.379 e. The average Bonchev–Trinajstić information content (AvgIpc) is 3.08. The van der Waals surface area contributed by atoms with Crippen LogP contribution in [0.3, 0.4) is 0 Å². The van der Waals surface area contributed by atoms with E-state index in [0.717, 1.165) is 44.8 Å². The molecule has 0 aromatic heterocycles. The first kappa shape index (κ1) is 23.4. The van der Waals surface area contributed by atoms with Gasteiger partial charge in [-0.2, -0.15) is 0 Å². The molecule has 2 aromatic rings. The molecule has 0 radical (unpaired) electrons. The molecule has 2 heterocycles. The summed E-state index contributed by atoms with van der Waals surface area (Å²) >= 11 is 0. The van der Waals surface area contributed by atoms with Crippen molar-refractivity contribution in [3.05, 3.63) is 59.7 Å². The summed E-state index contributed by atoms with van der Waals surface area (Å²) in [4.78, 5) is 20.3. The molecule has 2 N–H and O–H groups in total. The van der Waals surface area contributed by atoms with Gasteiger partial charge in [-0.25, -0.2) is 8.42 Å². The number of fused-ring (bicyclic) bond motifs is 1. The summed E-state index contributed by atoms with van der Waals surface area (Å²) in [6.45, 7) is 7.98. The summed E-state index contributed by atoms with van der Waals surface area (Å²) in [6.07, 6.45) is 0.723. The molecule has 1 saturated heterocycles. The van der Waals surface area contributed by atoms with Gasteiger partial charge in [0.15, 0.2) is 0 Å². The lowest BCUT2D eigenvalue weighted by atomic mass is 9.98. The van der Waals surface area contributed by atoms with Gasteiger partial charge in [0, 0.05) is 30.9 Å². The number of amidine groups is 1. The monoisotopic (exact) mass is 470 g/mol. The Hall–Kier alpha value is -2.75. The van der Waals surface area contributed by atoms with Crippen molar-refractivity contribution < 1.29 is 17.9 Å². The van der Waals surface area contributed by atoms with Crippen molar-refractivity contribution >= 4 is 27.5 Å². The molecule has 8 nitrogen and oxygen atoms in total. The van der Waals surface area contributed by atoms with Crippen LogP contribution in [-0.2, 0) is 26.1 Å². The van der Waals surface area contributed by atoms with E-state index in [1.165, 1.54) is 0 Å². The maximum Gasteiger partial charge on any atom is 0.263 e. The van der Waals surface area contributed by atoms with Gasteiger partial charge in [-0.1, -0.05) is 44.5 Å². The number of sulfonamides is 1. The number of hydrogen-bond acceptors (Lipinski definition) is 6. The molecule has 33 heavy (non-hydrogen) atoms. The lowest BCUT2D eigenvalue weighted by molar-refractivity contribution is -0.118. The number of carbonyl (C=O) groups is 1. The van der Waals surface area contributed by atoms with Crippen LogP contribution in [0.25, 0.3) is 0 Å². The number of benzene rings is 2. The fraction of sp³-hybridized carbons (Fsp3) is 0.417. The van der Waals surface area contributed by atoms with Crippen LogP contribution in [0.15, 0.2) is 58.4 Å². The second-order valence-electron chi connectivity index (χ2n) is 8.49. The average molecular weight is 471 g/mol. The molecule has 0 aliphatic carbocycles. The highest BCUT2D eigenvalue weighted by Crippen LogP contribution is 2.24. The molecule has 4 rings (SSSR count). The Balaban J connectivity index is 1.54. The Morgan fingerprint density at radius 1 is 1.18 bits per heavy atom. The third-order valence-electron chi connectivity index (χ3n) is 6.09. The summed E-state index contributed by atoms with van der Waals surface area (Å²) in [5.41, 5.74) is 2.30. The predicted octanol–water partition coefficient (Wildman–Crippen LogP) is 2.61. The topological polar surface area (TPSA) is 100 Å². The van der Waals surface area contributed by atoms with Gasteiger partial charge in [0.1, 0.15) is 11.9 Å². The predicted molar refractivity (Wildman–Crippen MR) is 128 cm³/mol. The molecule has 0 spiro atoms. The van der Waals surface area contributed by atoms with E-state index < -0.39 is 16.1 Å². The van der Waals surface area contributed by atoms with Crippen LogP contribution in [0, 0.1) is 5.92 Å². The maximum atomic E-state index is 13.3. The molecule has 2 atom stereocenters. The van der Waals surface area contributed by atoms with Crippen molar-refractivity contribution in [2.75, 3.05) is 31.6 Å². The molecule has 2 aromatic carbocycles. The first-order valence-electron chi connectivity index (χ1n) is 11.3. The Labute approximate surface area is 195 Å². The number of nitrogens with zero attached hydrogens (tertiary/aromatic N) is 2. The van der Waals surface area contributed by atoms with E-state index >= 15 is 0 Å². The zero-order valence-electron chi connectivity index (χ0n) is 19.0. The highest BCUT2D eigenvalue weighted by Gasteiger charge is 2.33. The number of ether oxygens (including phenoxy) is 1. The fourth-order valence-electron chi connectivity index (χ4n) is 4.02. The van der Waals surface area contributed by atoms with Gasteiger partial charge in [-0.3, -0.25) is 19.4 Å². The quantitative estimate of drug-likeness (QED) is 0.648. The molecule has 1 fully saturated rings. The lowest BCUT2D eigenvalue weighted by Crippen LogP contribution is -2.36. The number of hydrogen-bond donors (Lipinski definition) is 2. The number of aliphatic imine (C=N–C) groups is 1. The summed E-state index contributed by atoms with van der Waals surface area (Å²) < 4.78 is 32.8. The van der Waals surface area contributed by atoms with E-state index in [1.807, 2.05) is 38.1 Å². The minimum absolute atomic E-state index is 0.0775. The van der Waals surface area contributed by atoms with Crippen molar-refractivity contribution in [2.45, 2.75) is 37.8 Å². The van der Waals surface area contributed by atoms with E-state index in [0.29, 0.717) is 11.3 Å². The Morgan fingerprint density at radius 3 is 2.70 bits per heavy atom. The van der Waals surface area contributed by atoms with Crippen LogP contribution < -0.4 is 10.0 Å². The molecule has 2 aliphatic rings. The number of anilines is 1. The zero-order chi connectivity index (χ0) is 23.4. The van der Waals surface area contributed by atoms with Gasteiger partial charge in [0.05, 0.1) is 18.1 Å². The van der Waals surface area contributed by atoms with Gasteiger partial charge in [-0.05, 0) is 35.7 Å². The summed E-state index contributed by atoms with van der Waals surface area (Å²) in [7, 11) is -3.66. The van der Waals surface area contributed by atoms with E-state index in [9.17, 15) is 13.2 Å². The number of nitrogens with one attached hydrogen (secondary N) is 2. The molecule has 0 bridgehead atoms. The van der Waals surface area contributed by atoms with Crippen molar-refractivity contribution in [3.63, 3.8) is 0 Å². The van der Waals surface area contributed by atoms with Crippen molar-refractivity contribution in [1.29, 1.82) is 0 Å².